The summed E-state index contributed by atoms with van der Waals surface area (Å²) >= 11 is 0. The number of nitrogens with one attached hydrogen (secondary N) is 2. The molecular formula is C31H30F3N5O4. The summed E-state index contributed by atoms with van der Waals surface area (Å²) in [5.41, 5.74) is 3.14. The molecule has 5 rings (SSSR count). The molecule has 0 bridgehead atoms. The second-order valence-corrected chi connectivity index (χ2v) is 9.83. The van der Waals surface area contributed by atoms with Gasteiger partial charge in [0.05, 0.1) is 25.4 Å². The predicted octanol–water partition coefficient (Wildman–Crippen LogP) is 6.47. The number of carbonyl (C=O) groups excluding carboxylic acids is 1. The highest BCUT2D eigenvalue weighted by Gasteiger charge is 2.15. The molecule has 4 aromatic rings. The molecule has 1 fully saturated rings. The minimum absolute atomic E-state index is 0.0731. The molecule has 0 aliphatic carbocycles. The van der Waals surface area contributed by atoms with Gasteiger partial charge in [-0.2, -0.15) is 5.10 Å². The Bertz CT molecular complexity index is 1630. The number of hydrogen-bond acceptors (Lipinski definition) is 7. The molecule has 2 amide bonds. The maximum atomic E-state index is 15.0. The van der Waals surface area contributed by atoms with Crippen molar-refractivity contribution in [3.8, 4) is 23.0 Å². The third kappa shape index (κ3) is 7.72. The lowest BCUT2D eigenvalue weighted by Gasteiger charge is -2.16. The Balaban J connectivity index is 1.21. The van der Waals surface area contributed by atoms with E-state index in [0.29, 0.717) is 34.8 Å². The number of pyridine rings is 1. The molecule has 43 heavy (non-hydrogen) atoms. The van der Waals surface area contributed by atoms with Crippen molar-refractivity contribution in [3.63, 3.8) is 0 Å². The number of carbonyl (C=O) groups is 1. The molecule has 0 atom stereocenters. The zero-order valence-corrected chi connectivity index (χ0v) is 23.4. The van der Waals surface area contributed by atoms with Gasteiger partial charge < -0.3 is 24.4 Å². The van der Waals surface area contributed by atoms with Crippen LogP contribution < -0.4 is 25.0 Å². The monoisotopic (exact) mass is 593 g/mol. The third-order valence-corrected chi connectivity index (χ3v) is 6.79. The maximum absolute atomic E-state index is 15.0. The highest BCUT2D eigenvalue weighted by atomic mass is 19.2. The van der Waals surface area contributed by atoms with E-state index in [1.54, 1.807) is 31.5 Å². The van der Waals surface area contributed by atoms with Gasteiger partial charge in [0.1, 0.15) is 5.75 Å². The normalized spacial score (nSPS) is 13.4. The summed E-state index contributed by atoms with van der Waals surface area (Å²) in [7, 11) is 1.55. The van der Waals surface area contributed by atoms with E-state index in [2.05, 4.69) is 25.7 Å². The Hall–Kier alpha value is -4.84. The lowest BCUT2D eigenvalue weighted by atomic mass is 10.1. The van der Waals surface area contributed by atoms with E-state index >= 15 is 0 Å². The topological polar surface area (TPSA) is 97.3 Å². The van der Waals surface area contributed by atoms with E-state index in [9.17, 15) is 18.0 Å². The Kier molecular flexibility index (Phi) is 9.57. The molecule has 0 saturated carbocycles. The minimum atomic E-state index is -1.04. The Morgan fingerprint density at radius 2 is 1.79 bits per heavy atom. The number of benzene rings is 3. The maximum Gasteiger partial charge on any atom is 0.339 e. The number of methoxy groups -OCH3 is 1. The number of hydrogen-bond donors (Lipinski definition) is 2. The average Bonchev–Trinajstić information content (AvgIpc) is 3.52. The SMILES string of the molecule is COc1cc2c(Oc3ccc(NC(=O)N/N=C/c4ccc(F)c(F)c4)cc3F)ccnc2cc1OCCCN1CCCC1. The number of likely N-dealkylation sites (tertiary alicyclic amines) is 1. The van der Waals surface area contributed by atoms with Gasteiger partial charge in [-0.3, -0.25) is 4.98 Å². The molecular weight excluding hydrogens is 563 g/mol. The van der Waals surface area contributed by atoms with E-state index in [0.717, 1.165) is 50.5 Å². The van der Waals surface area contributed by atoms with Crippen LogP contribution in [0.5, 0.6) is 23.0 Å². The molecule has 0 radical (unpaired) electrons. The first-order valence-corrected chi connectivity index (χ1v) is 13.7. The number of rotatable bonds is 11. The third-order valence-electron chi connectivity index (χ3n) is 6.79. The van der Waals surface area contributed by atoms with Gasteiger partial charge in [0.25, 0.3) is 0 Å². The minimum Gasteiger partial charge on any atom is -0.493 e. The first-order valence-electron chi connectivity index (χ1n) is 13.7. The fraction of sp³-hybridized carbons (Fsp3) is 0.258. The van der Waals surface area contributed by atoms with Crippen LogP contribution in [0.15, 0.2) is 65.9 Å². The summed E-state index contributed by atoms with van der Waals surface area (Å²) in [6, 6.07) is 11.4. The van der Waals surface area contributed by atoms with Crippen molar-refractivity contribution in [2.24, 2.45) is 5.10 Å². The van der Waals surface area contributed by atoms with Crippen molar-refractivity contribution < 1.29 is 32.2 Å². The Labute approximate surface area is 246 Å². The number of ether oxygens (including phenoxy) is 3. The zero-order chi connectivity index (χ0) is 30.2. The highest BCUT2D eigenvalue weighted by molar-refractivity contribution is 5.91. The number of nitrogens with zero attached hydrogens (tertiary/aromatic N) is 3. The van der Waals surface area contributed by atoms with Crippen molar-refractivity contribution >= 4 is 28.8 Å². The molecule has 224 valence electrons. The van der Waals surface area contributed by atoms with Gasteiger partial charge in [-0.1, -0.05) is 6.07 Å². The average molecular weight is 594 g/mol. The molecule has 1 aliphatic rings. The number of halogens is 3. The van der Waals surface area contributed by atoms with Crippen LogP contribution in [-0.4, -0.2) is 55.5 Å². The molecule has 3 aromatic carbocycles. The summed E-state index contributed by atoms with van der Waals surface area (Å²) in [5.74, 6) is -1.41. The van der Waals surface area contributed by atoms with E-state index in [1.807, 2.05) is 0 Å². The molecule has 1 saturated heterocycles. The molecule has 9 nitrogen and oxygen atoms in total. The first kappa shape index (κ1) is 29.6. The fourth-order valence-corrected chi connectivity index (χ4v) is 4.66. The van der Waals surface area contributed by atoms with Gasteiger partial charge in [-0.05, 0) is 74.3 Å². The number of aromatic nitrogens is 1. The van der Waals surface area contributed by atoms with Gasteiger partial charge in [0.15, 0.2) is 34.7 Å². The van der Waals surface area contributed by atoms with Crippen LogP contribution in [0.1, 0.15) is 24.8 Å². The van der Waals surface area contributed by atoms with E-state index in [1.165, 1.54) is 31.0 Å². The summed E-state index contributed by atoms with van der Waals surface area (Å²) in [6.45, 7) is 3.81. The zero-order valence-electron chi connectivity index (χ0n) is 23.4. The first-order chi connectivity index (χ1) is 20.9. The van der Waals surface area contributed by atoms with Crippen LogP contribution in [-0.2, 0) is 0 Å². The summed E-state index contributed by atoms with van der Waals surface area (Å²) in [4.78, 5) is 19.0. The number of fused-ring (bicyclic) bond motifs is 1. The van der Waals surface area contributed by atoms with Crippen LogP contribution in [0, 0.1) is 17.5 Å². The quantitative estimate of drug-likeness (QED) is 0.118. The van der Waals surface area contributed by atoms with Gasteiger partial charge in [-0.15, -0.1) is 0 Å². The predicted molar refractivity (Wildman–Crippen MR) is 157 cm³/mol. The van der Waals surface area contributed by atoms with Crippen molar-refractivity contribution in [1.82, 2.24) is 15.3 Å². The number of urea groups is 1. The van der Waals surface area contributed by atoms with E-state index in [-0.39, 0.29) is 17.0 Å². The number of hydrazone groups is 1. The van der Waals surface area contributed by atoms with Crippen molar-refractivity contribution in [1.29, 1.82) is 0 Å². The second kappa shape index (κ2) is 13.9. The number of amides is 2. The lowest BCUT2D eigenvalue weighted by Crippen LogP contribution is -2.24. The molecule has 1 aliphatic heterocycles. The molecule has 0 unspecified atom stereocenters. The largest absolute Gasteiger partial charge is 0.493 e. The fourth-order valence-electron chi connectivity index (χ4n) is 4.66. The van der Waals surface area contributed by atoms with E-state index in [4.69, 9.17) is 14.2 Å². The second-order valence-electron chi connectivity index (χ2n) is 9.83. The molecule has 2 N–H and O–H groups in total. The van der Waals surface area contributed by atoms with Gasteiger partial charge in [0.2, 0.25) is 0 Å². The lowest BCUT2D eigenvalue weighted by molar-refractivity contribution is 0.252. The van der Waals surface area contributed by atoms with Crippen LogP contribution in [0.25, 0.3) is 10.9 Å². The molecule has 1 aromatic heterocycles. The Morgan fingerprint density at radius 3 is 2.56 bits per heavy atom. The van der Waals surface area contributed by atoms with E-state index < -0.39 is 23.5 Å². The molecule has 12 heteroatoms. The van der Waals surface area contributed by atoms with Crippen molar-refractivity contribution in [3.05, 3.63) is 83.8 Å². The molecule has 2 heterocycles. The summed E-state index contributed by atoms with van der Waals surface area (Å²) < 4.78 is 58.7. The standard InChI is InChI=1S/C31H30F3N5O4/c1-41-29-17-22-26(18-30(29)42-14-4-13-39-11-2-3-12-39)35-10-9-27(22)43-28-8-6-21(16-25(28)34)37-31(40)38-36-19-20-5-7-23(32)24(33)15-20/h5-10,15-19H,2-4,11-14H2,1H3,(H2,37,38,40)/b36-19+. The van der Waals surface area contributed by atoms with Crippen molar-refractivity contribution in [2.75, 3.05) is 38.7 Å². The Morgan fingerprint density at radius 1 is 0.953 bits per heavy atom. The number of anilines is 1. The smallest absolute Gasteiger partial charge is 0.339 e. The van der Waals surface area contributed by atoms with Crippen LogP contribution >= 0.6 is 0 Å². The van der Waals surface area contributed by atoms with Crippen LogP contribution in [0.2, 0.25) is 0 Å². The summed E-state index contributed by atoms with van der Waals surface area (Å²) in [6.07, 6.45) is 6.09. The van der Waals surface area contributed by atoms with Crippen LogP contribution in [0.4, 0.5) is 23.7 Å². The van der Waals surface area contributed by atoms with Gasteiger partial charge in [-0.25, -0.2) is 23.4 Å². The highest BCUT2D eigenvalue weighted by Crippen LogP contribution is 2.38. The van der Waals surface area contributed by atoms with Gasteiger partial charge >= 0.3 is 6.03 Å². The molecule has 0 spiro atoms. The summed E-state index contributed by atoms with van der Waals surface area (Å²) in [5, 5.41) is 6.70. The van der Waals surface area contributed by atoms with Crippen LogP contribution in [0.3, 0.4) is 0 Å². The van der Waals surface area contributed by atoms with Crippen molar-refractivity contribution in [2.45, 2.75) is 19.3 Å². The van der Waals surface area contributed by atoms with Gasteiger partial charge in [0, 0.05) is 35.9 Å².